The first-order chi connectivity index (χ1) is 21.9. The predicted molar refractivity (Wildman–Crippen MR) is 172 cm³/mol. The Bertz CT molecular complexity index is 1540. The summed E-state index contributed by atoms with van der Waals surface area (Å²) in [7, 11) is 0. The molecule has 3 aromatic rings. The fraction of sp³-hybridized carbons (Fsp3) is 0.355. The molecule has 13 N–H and O–H groups in total. The van der Waals surface area contributed by atoms with Gasteiger partial charge in [-0.25, -0.2) is 4.79 Å². The predicted octanol–water partition coefficient (Wildman–Crippen LogP) is -0.861. The smallest absolute Gasteiger partial charge is 0.326 e. The van der Waals surface area contributed by atoms with Crippen molar-refractivity contribution in [2.24, 2.45) is 27.9 Å². The number of hydrogen-bond acceptors (Lipinski definition) is 7. The summed E-state index contributed by atoms with van der Waals surface area (Å²) < 4.78 is 0. The minimum Gasteiger partial charge on any atom is -0.480 e. The molecule has 2 aromatic carbocycles. The minimum atomic E-state index is -1.42. The lowest BCUT2D eigenvalue weighted by Crippen LogP contribution is -2.57. The highest BCUT2D eigenvalue weighted by Gasteiger charge is 2.31. The van der Waals surface area contributed by atoms with E-state index in [1.165, 1.54) is 0 Å². The van der Waals surface area contributed by atoms with E-state index in [4.69, 9.17) is 22.9 Å². The number of rotatable bonds is 18. The number of nitrogens with two attached hydrogens (primary N) is 4. The fourth-order valence-corrected chi connectivity index (χ4v) is 4.83. The van der Waals surface area contributed by atoms with E-state index in [9.17, 15) is 29.1 Å². The maximum atomic E-state index is 13.6. The molecule has 46 heavy (non-hydrogen) atoms. The van der Waals surface area contributed by atoms with Crippen LogP contribution in [0, 0.1) is 0 Å². The number of carbonyl (C=O) groups is 5. The summed E-state index contributed by atoms with van der Waals surface area (Å²) in [6.07, 6.45) is 1.88. The third kappa shape index (κ3) is 10.9. The van der Waals surface area contributed by atoms with E-state index < -0.39 is 53.8 Å². The van der Waals surface area contributed by atoms with Crippen molar-refractivity contribution < 1.29 is 29.1 Å². The van der Waals surface area contributed by atoms with Gasteiger partial charge in [-0.1, -0.05) is 48.5 Å². The third-order valence-electron chi connectivity index (χ3n) is 7.24. The highest BCUT2D eigenvalue weighted by Crippen LogP contribution is 2.19. The molecule has 4 unspecified atom stereocenters. The van der Waals surface area contributed by atoms with Gasteiger partial charge in [0.2, 0.25) is 23.6 Å². The van der Waals surface area contributed by atoms with E-state index >= 15 is 0 Å². The van der Waals surface area contributed by atoms with E-state index in [0.29, 0.717) is 12.0 Å². The molecular formula is C31H41N9O6. The standard InChI is InChI=1S/C31H41N9O6/c32-21(16-19-17-37-22-10-5-4-9-20(19)22)27(42)38-23(11-6-14-36-31(34)35)28(43)40-25(15-18-7-2-1-3-8-18)29(44)39-24(30(45)46)12-13-26(33)41/h1-5,7-10,17,21,23-25,37H,6,11-16,32H2,(H2,33,41)(H,38,42)(H,39,44)(H,40,43)(H,45,46)(H4,34,35,36). The zero-order valence-electron chi connectivity index (χ0n) is 25.3. The Morgan fingerprint density at radius 1 is 0.783 bits per heavy atom. The van der Waals surface area contributed by atoms with Crippen LogP contribution in [0.4, 0.5) is 0 Å². The van der Waals surface area contributed by atoms with Gasteiger partial charge in [-0.3, -0.25) is 24.2 Å². The van der Waals surface area contributed by atoms with Crippen LogP contribution < -0.4 is 38.9 Å². The maximum Gasteiger partial charge on any atom is 0.326 e. The molecule has 0 aliphatic heterocycles. The number of aromatic amines is 1. The van der Waals surface area contributed by atoms with Gasteiger partial charge < -0.3 is 49.0 Å². The van der Waals surface area contributed by atoms with Crippen LogP contribution >= 0.6 is 0 Å². The summed E-state index contributed by atoms with van der Waals surface area (Å²) in [5.74, 6) is -4.30. The first kappa shape index (κ1) is 35.0. The number of guanidine groups is 1. The van der Waals surface area contributed by atoms with Crippen molar-refractivity contribution in [1.29, 1.82) is 0 Å². The Hall–Kier alpha value is -5.44. The van der Waals surface area contributed by atoms with Crippen LogP contribution in [0.2, 0.25) is 0 Å². The van der Waals surface area contributed by atoms with Gasteiger partial charge in [0, 0.05) is 36.5 Å². The molecule has 0 fully saturated rings. The van der Waals surface area contributed by atoms with Crippen molar-refractivity contribution in [2.45, 2.75) is 62.7 Å². The molecule has 15 nitrogen and oxygen atoms in total. The Morgan fingerprint density at radius 2 is 1.41 bits per heavy atom. The summed E-state index contributed by atoms with van der Waals surface area (Å²) in [6.45, 7) is 0.178. The number of aliphatic carboxylic acids is 1. The van der Waals surface area contributed by atoms with Gasteiger partial charge in [-0.05, 0) is 42.9 Å². The fourth-order valence-electron chi connectivity index (χ4n) is 4.83. The number of benzene rings is 2. The second-order valence-corrected chi connectivity index (χ2v) is 10.8. The summed E-state index contributed by atoms with van der Waals surface area (Å²) >= 11 is 0. The number of carboxylic acids is 1. The monoisotopic (exact) mass is 635 g/mol. The van der Waals surface area contributed by atoms with E-state index in [-0.39, 0.29) is 44.6 Å². The van der Waals surface area contributed by atoms with Crippen molar-refractivity contribution in [2.75, 3.05) is 6.54 Å². The van der Waals surface area contributed by atoms with Crippen LogP contribution in [-0.2, 0) is 36.8 Å². The van der Waals surface area contributed by atoms with E-state index in [2.05, 4.69) is 25.9 Å². The summed E-state index contributed by atoms with van der Waals surface area (Å²) in [5, 5.41) is 18.2. The van der Waals surface area contributed by atoms with Crippen molar-refractivity contribution in [1.82, 2.24) is 20.9 Å². The molecule has 0 aliphatic carbocycles. The third-order valence-corrected chi connectivity index (χ3v) is 7.24. The van der Waals surface area contributed by atoms with Crippen molar-refractivity contribution >= 4 is 46.5 Å². The quantitative estimate of drug-likeness (QED) is 0.0477. The van der Waals surface area contributed by atoms with Crippen LogP contribution in [0.15, 0.2) is 65.8 Å². The molecule has 1 heterocycles. The topological polar surface area (TPSA) is 274 Å². The normalized spacial score (nSPS) is 13.5. The van der Waals surface area contributed by atoms with Crippen molar-refractivity contribution in [3.63, 3.8) is 0 Å². The number of carbonyl (C=O) groups excluding carboxylic acids is 4. The summed E-state index contributed by atoms with van der Waals surface area (Å²) in [6, 6.07) is 11.5. The molecule has 246 valence electrons. The number of carboxylic acid groups (broad SMARTS) is 1. The zero-order valence-corrected chi connectivity index (χ0v) is 25.3. The average molecular weight is 636 g/mol. The van der Waals surface area contributed by atoms with E-state index in [1.54, 1.807) is 36.5 Å². The maximum absolute atomic E-state index is 13.6. The Morgan fingerprint density at radius 3 is 2.09 bits per heavy atom. The first-order valence-corrected chi connectivity index (χ1v) is 14.8. The number of H-pyrrole nitrogens is 1. The molecule has 0 aliphatic rings. The number of fused-ring (bicyclic) bond motifs is 1. The Balaban J connectivity index is 1.78. The number of aromatic nitrogens is 1. The van der Waals surface area contributed by atoms with Crippen LogP contribution in [0.3, 0.4) is 0 Å². The zero-order chi connectivity index (χ0) is 33.6. The average Bonchev–Trinajstić information content (AvgIpc) is 3.42. The minimum absolute atomic E-state index is 0.00924. The van der Waals surface area contributed by atoms with Crippen molar-refractivity contribution in [3.8, 4) is 0 Å². The van der Waals surface area contributed by atoms with Crippen molar-refractivity contribution in [3.05, 3.63) is 71.9 Å². The first-order valence-electron chi connectivity index (χ1n) is 14.8. The molecule has 4 amide bonds. The number of nitrogens with zero attached hydrogens (tertiary/aromatic N) is 1. The van der Waals surface area contributed by atoms with Gasteiger partial charge in [-0.15, -0.1) is 0 Å². The molecule has 4 atom stereocenters. The second kappa shape index (κ2) is 17.2. The highest BCUT2D eigenvalue weighted by atomic mass is 16.4. The molecule has 0 saturated carbocycles. The Kier molecular flexibility index (Phi) is 13.1. The molecule has 0 spiro atoms. The second-order valence-electron chi connectivity index (χ2n) is 10.8. The largest absolute Gasteiger partial charge is 0.480 e. The number of para-hydroxylation sites is 1. The van der Waals surface area contributed by atoms with Crippen LogP contribution in [-0.4, -0.2) is 76.4 Å². The highest BCUT2D eigenvalue weighted by molar-refractivity contribution is 5.94. The summed E-state index contributed by atoms with van der Waals surface area (Å²) in [5.41, 5.74) is 24.6. The number of nitrogens with one attached hydrogen (secondary N) is 4. The van der Waals surface area contributed by atoms with Crippen LogP contribution in [0.1, 0.15) is 36.8 Å². The Labute approximate surface area is 265 Å². The van der Waals surface area contributed by atoms with Gasteiger partial charge >= 0.3 is 5.97 Å². The molecular weight excluding hydrogens is 594 g/mol. The number of hydrogen-bond donors (Lipinski definition) is 9. The number of aliphatic imine (C=N–C) groups is 1. The van der Waals surface area contributed by atoms with E-state index in [0.717, 1.165) is 16.5 Å². The molecule has 1 aromatic heterocycles. The van der Waals surface area contributed by atoms with Crippen LogP contribution in [0.25, 0.3) is 10.9 Å². The van der Waals surface area contributed by atoms with E-state index in [1.807, 2.05) is 24.3 Å². The van der Waals surface area contributed by atoms with Gasteiger partial charge in [0.15, 0.2) is 5.96 Å². The number of primary amides is 1. The lowest BCUT2D eigenvalue weighted by Gasteiger charge is -2.25. The van der Waals surface area contributed by atoms with Gasteiger partial charge in [0.1, 0.15) is 18.1 Å². The van der Waals surface area contributed by atoms with Gasteiger partial charge in [0.25, 0.3) is 0 Å². The summed E-state index contributed by atoms with van der Waals surface area (Å²) in [4.78, 5) is 70.3. The SMILES string of the molecule is NC(=O)CCC(NC(=O)C(Cc1ccccc1)NC(=O)C(CCCN=C(N)N)NC(=O)C(N)Cc1c[nH]c2ccccc12)C(=O)O. The molecule has 0 saturated heterocycles. The molecule has 3 rings (SSSR count). The molecule has 15 heteroatoms. The lowest BCUT2D eigenvalue weighted by atomic mass is 10.0. The molecule has 0 bridgehead atoms. The number of amides is 4. The van der Waals surface area contributed by atoms with Gasteiger partial charge in [0.05, 0.1) is 6.04 Å². The van der Waals surface area contributed by atoms with Gasteiger partial charge in [-0.2, -0.15) is 0 Å². The van der Waals surface area contributed by atoms with Crippen LogP contribution in [0.5, 0.6) is 0 Å². The lowest BCUT2D eigenvalue weighted by molar-refractivity contribution is -0.142. The molecule has 0 radical (unpaired) electrons.